The van der Waals surface area contributed by atoms with Gasteiger partial charge in [-0.3, -0.25) is 0 Å². The molecule has 14 rings (SSSR count). The molecule has 2 aromatic heterocycles. The first-order valence-corrected chi connectivity index (χ1v) is 23.2. The van der Waals surface area contributed by atoms with Crippen LogP contribution in [0.15, 0.2) is 224 Å². The number of nitriles is 1. The maximum Gasteiger partial charge on any atom is 0.164 e. The first-order valence-electron chi connectivity index (χ1n) is 23.2. The molecule has 0 unspecified atom stereocenters. The van der Waals surface area contributed by atoms with E-state index in [4.69, 9.17) is 15.0 Å². The van der Waals surface area contributed by atoms with Gasteiger partial charge in [-0.2, -0.15) is 5.26 Å². The molecule has 0 fully saturated rings. The van der Waals surface area contributed by atoms with E-state index in [0.29, 0.717) is 23.0 Å². The zero-order valence-electron chi connectivity index (χ0n) is 37.1. The van der Waals surface area contributed by atoms with Gasteiger partial charge in [0.2, 0.25) is 0 Å². The molecule has 0 saturated carbocycles. The summed E-state index contributed by atoms with van der Waals surface area (Å²) in [7, 11) is 0. The van der Waals surface area contributed by atoms with Crippen LogP contribution >= 0.6 is 0 Å². The summed E-state index contributed by atoms with van der Waals surface area (Å²) in [6.07, 6.45) is 0. The van der Waals surface area contributed by atoms with E-state index >= 15 is 0 Å². The zero-order chi connectivity index (χ0) is 45.6. The van der Waals surface area contributed by atoms with Crippen molar-refractivity contribution in [2.24, 2.45) is 0 Å². The van der Waals surface area contributed by atoms with E-state index in [1.165, 1.54) is 60.4 Å². The molecule has 0 atom stereocenters. The van der Waals surface area contributed by atoms with Gasteiger partial charge in [0.1, 0.15) is 0 Å². The van der Waals surface area contributed by atoms with Crippen LogP contribution in [0.4, 0.5) is 0 Å². The molecule has 13 aromatic rings. The summed E-state index contributed by atoms with van der Waals surface area (Å²) in [5, 5.41) is 19.1. The highest BCUT2D eigenvalue weighted by Gasteiger charge is 2.26. The van der Waals surface area contributed by atoms with Crippen LogP contribution in [0.5, 0.6) is 0 Å². The maximum atomic E-state index is 9.65. The van der Waals surface area contributed by atoms with Gasteiger partial charge >= 0.3 is 0 Å². The lowest BCUT2D eigenvalue weighted by atomic mass is 9.86. The lowest BCUT2D eigenvalue weighted by Crippen LogP contribution is -2.00. The van der Waals surface area contributed by atoms with Crippen molar-refractivity contribution in [3.05, 3.63) is 230 Å². The summed E-state index contributed by atoms with van der Waals surface area (Å²) in [6, 6.07) is 81.7. The van der Waals surface area contributed by atoms with Crippen LogP contribution in [0.3, 0.4) is 0 Å². The Balaban J connectivity index is 0.921. The van der Waals surface area contributed by atoms with Gasteiger partial charge in [0.25, 0.3) is 0 Å². The molecule has 5 nitrogen and oxygen atoms in total. The predicted octanol–water partition coefficient (Wildman–Crippen LogP) is 16.3. The fourth-order valence-corrected chi connectivity index (χ4v) is 10.9. The molecular formula is C64H37N5. The van der Waals surface area contributed by atoms with Crippen LogP contribution in [0.2, 0.25) is 0 Å². The second kappa shape index (κ2) is 15.3. The average molecular weight is 876 g/mol. The highest BCUT2D eigenvalue weighted by atomic mass is 15.0. The van der Waals surface area contributed by atoms with E-state index in [2.05, 4.69) is 205 Å². The summed E-state index contributed by atoms with van der Waals surface area (Å²) < 4.78 is 2.33. The molecule has 0 amide bonds. The predicted molar refractivity (Wildman–Crippen MR) is 283 cm³/mol. The average Bonchev–Trinajstić information content (AvgIpc) is 3.94. The minimum atomic E-state index is 0.611. The molecule has 2 heterocycles. The molecule has 0 bridgehead atoms. The van der Waals surface area contributed by atoms with Crippen LogP contribution in [0.25, 0.3) is 138 Å². The van der Waals surface area contributed by atoms with E-state index in [-0.39, 0.29) is 0 Å². The van der Waals surface area contributed by atoms with Gasteiger partial charge in [0.15, 0.2) is 17.5 Å². The highest BCUT2D eigenvalue weighted by molar-refractivity contribution is 6.24. The molecule has 0 aliphatic heterocycles. The Morgan fingerprint density at radius 2 is 0.812 bits per heavy atom. The molecule has 11 aromatic carbocycles. The molecule has 318 valence electrons. The van der Waals surface area contributed by atoms with Crippen LogP contribution in [0, 0.1) is 11.3 Å². The standard InChI is InChI=1S/C64H37N5/c65-38-39-21-23-40(24-22-39)46-33-34-55-47-13-4-5-14-48(47)56-36-35-54(60(46)61(55)56)49-17-10-18-50-51(49)32-29-41-25-26-44(37-57(41)50)64-67-62(42-11-2-1-3-12-42)66-63(68-64)43-27-30-45(31-28-43)69-58-19-8-6-15-52(58)53-16-7-9-20-59(53)69/h1-37H. The van der Waals surface area contributed by atoms with Crippen molar-refractivity contribution in [2.45, 2.75) is 0 Å². The Morgan fingerprint density at radius 1 is 0.319 bits per heavy atom. The van der Waals surface area contributed by atoms with E-state index in [1.807, 2.05) is 30.3 Å². The third kappa shape index (κ3) is 6.06. The lowest BCUT2D eigenvalue weighted by Gasteiger charge is -2.17. The third-order valence-electron chi connectivity index (χ3n) is 14.1. The van der Waals surface area contributed by atoms with Gasteiger partial charge < -0.3 is 4.57 Å². The number of hydrogen-bond donors (Lipinski definition) is 0. The van der Waals surface area contributed by atoms with Crippen LogP contribution in [-0.4, -0.2) is 19.5 Å². The molecule has 0 radical (unpaired) electrons. The lowest BCUT2D eigenvalue weighted by molar-refractivity contribution is 1.07. The minimum absolute atomic E-state index is 0.611. The monoisotopic (exact) mass is 875 g/mol. The Morgan fingerprint density at radius 3 is 1.48 bits per heavy atom. The molecule has 1 aliphatic rings. The van der Waals surface area contributed by atoms with Gasteiger partial charge in [-0.05, 0) is 131 Å². The van der Waals surface area contributed by atoms with Crippen LogP contribution in [-0.2, 0) is 0 Å². The minimum Gasteiger partial charge on any atom is -0.309 e. The van der Waals surface area contributed by atoms with Crippen molar-refractivity contribution in [1.29, 1.82) is 5.26 Å². The number of fused-ring (bicyclic) bond motifs is 9. The molecule has 0 N–H and O–H groups in total. The number of benzene rings is 11. The van der Waals surface area contributed by atoms with Crippen molar-refractivity contribution in [1.82, 2.24) is 19.5 Å². The first-order chi connectivity index (χ1) is 34.2. The van der Waals surface area contributed by atoms with E-state index in [0.717, 1.165) is 60.6 Å². The second-order valence-electron chi connectivity index (χ2n) is 17.8. The van der Waals surface area contributed by atoms with Gasteiger partial charge in [0.05, 0.1) is 22.7 Å². The van der Waals surface area contributed by atoms with Gasteiger partial charge in [-0.25, -0.2) is 15.0 Å². The highest BCUT2D eigenvalue weighted by Crippen LogP contribution is 2.52. The Bertz CT molecular complexity index is 4210. The van der Waals surface area contributed by atoms with Crippen molar-refractivity contribution in [2.75, 3.05) is 0 Å². The van der Waals surface area contributed by atoms with Crippen molar-refractivity contribution >= 4 is 54.1 Å². The van der Waals surface area contributed by atoms with Gasteiger partial charge in [-0.15, -0.1) is 0 Å². The van der Waals surface area contributed by atoms with E-state index < -0.39 is 0 Å². The fourth-order valence-electron chi connectivity index (χ4n) is 10.9. The fraction of sp³-hybridized carbons (Fsp3) is 0. The van der Waals surface area contributed by atoms with E-state index in [1.54, 1.807) is 0 Å². The SMILES string of the molecule is N#Cc1ccc(-c2ccc3c4c(ccc(-c5cccc6c5ccc5ccc(-c7nc(-c8ccccc8)nc(-c8ccc(-n9c%10ccccc%10c%10ccccc%109)cc8)n7)cc56)c24)-c2ccccc2-3)cc1. The number of nitrogens with zero attached hydrogens (tertiary/aromatic N) is 5. The summed E-state index contributed by atoms with van der Waals surface area (Å²) >= 11 is 0. The largest absolute Gasteiger partial charge is 0.309 e. The number of rotatable bonds is 6. The zero-order valence-corrected chi connectivity index (χ0v) is 37.1. The Labute approximate surface area is 397 Å². The van der Waals surface area contributed by atoms with Crippen molar-refractivity contribution < 1.29 is 0 Å². The Hall–Kier alpha value is -9.50. The topological polar surface area (TPSA) is 67.4 Å². The smallest absolute Gasteiger partial charge is 0.164 e. The maximum absolute atomic E-state index is 9.65. The van der Waals surface area contributed by atoms with Crippen LogP contribution < -0.4 is 0 Å². The quantitative estimate of drug-likeness (QED) is 0.156. The second-order valence-corrected chi connectivity index (χ2v) is 17.8. The summed E-state index contributed by atoms with van der Waals surface area (Å²) in [5.74, 6) is 1.84. The van der Waals surface area contributed by atoms with Crippen molar-refractivity contribution in [3.8, 4) is 90.4 Å². The van der Waals surface area contributed by atoms with Gasteiger partial charge in [0, 0.05) is 33.2 Å². The molecule has 69 heavy (non-hydrogen) atoms. The molecular weight excluding hydrogens is 839 g/mol. The molecule has 5 heteroatoms. The molecule has 0 spiro atoms. The summed E-state index contributed by atoms with van der Waals surface area (Å²) in [4.78, 5) is 15.5. The first kappa shape index (κ1) is 38.7. The van der Waals surface area contributed by atoms with Crippen molar-refractivity contribution in [3.63, 3.8) is 0 Å². The van der Waals surface area contributed by atoms with Crippen LogP contribution in [0.1, 0.15) is 5.56 Å². The molecule has 0 saturated heterocycles. The Kier molecular flexibility index (Phi) is 8.58. The van der Waals surface area contributed by atoms with Gasteiger partial charge in [-0.1, -0.05) is 170 Å². The summed E-state index contributed by atoms with van der Waals surface area (Å²) in [6.45, 7) is 0. The number of hydrogen-bond acceptors (Lipinski definition) is 4. The summed E-state index contributed by atoms with van der Waals surface area (Å²) in [5.41, 5.74) is 16.3. The number of aromatic nitrogens is 4. The van der Waals surface area contributed by atoms with E-state index in [9.17, 15) is 5.26 Å². The number of para-hydroxylation sites is 2. The normalized spacial score (nSPS) is 11.8. The third-order valence-corrected chi connectivity index (χ3v) is 14.1. The molecule has 1 aliphatic carbocycles.